The Kier molecular flexibility index (Phi) is 4.46. The highest BCUT2D eigenvalue weighted by molar-refractivity contribution is 7.85. The molecule has 0 aromatic heterocycles. The Morgan fingerprint density at radius 3 is 1.76 bits per heavy atom. The molecule has 0 aliphatic rings. The fourth-order valence-corrected chi connectivity index (χ4v) is 2.14. The third-order valence-electron chi connectivity index (χ3n) is 2.51. The van der Waals surface area contributed by atoms with Crippen molar-refractivity contribution < 1.29 is 17.8 Å². The summed E-state index contributed by atoms with van der Waals surface area (Å²) in [6.07, 6.45) is 0. The van der Waals surface area contributed by atoms with Crippen molar-refractivity contribution >= 4 is 39.1 Å². The Morgan fingerprint density at radius 1 is 0.905 bits per heavy atom. The molecular formula is C13H11ClN2O4S. The van der Waals surface area contributed by atoms with E-state index >= 15 is 0 Å². The number of carbonyl (C=O) groups excluding carboxylic acids is 1. The molecule has 2 aromatic carbocycles. The van der Waals surface area contributed by atoms with Crippen molar-refractivity contribution in [3.8, 4) is 0 Å². The molecule has 8 heteroatoms. The Labute approximate surface area is 126 Å². The lowest BCUT2D eigenvalue weighted by Crippen LogP contribution is -2.19. The van der Waals surface area contributed by atoms with Gasteiger partial charge in [0.1, 0.15) is 0 Å². The third-order valence-corrected chi connectivity index (χ3v) is 3.63. The number of urea groups is 1. The molecule has 21 heavy (non-hydrogen) atoms. The molecule has 0 radical (unpaired) electrons. The molecule has 0 heterocycles. The molecule has 3 N–H and O–H groups in total. The van der Waals surface area contributed by atoms with E-state index in [0.717, 1.165) is 0 Å². The normalized spacial score (nSPS) is 11.0. The fourth-order valence-electron chi connectivity index (χ4n) is 1.54. The van der Waals surface area contributed by atoms with E-state index in [4.69, 9.17) is 16.2 Å². The first kappa shape index (κ1) is 15.3. The molecule has 0 saturated carbocycles. The van der Waals surface area contributed by atoms with E-state index in [1.165, 1.54) is 24.3 Å². The smallest absolute Gasteiger partial charge is 0.308 e. The maximum Gasteiger partial charge on any atom is 0.323 e. The summed E-state index contributed by atoms with van der Waals surface area (Å²) in [7, 11) is -4.24. The van der Waals surface area contributed by atoms with E-state index in [2.05, 4.69) is 10.6 Å². The van der Waals surface area contributed by atoms with Gasteiger partial charge in [-0.05, 0) is 48.5 Å². The third kappa shape index (κ3) is 4.45. The van der Waals surface area contributed by atoms with Crippen LogP contribution in [0.3, 0.4) is 0 Å². The molecular weight excluding hydrogens is 316 g/mol. The predicted octanol–water partition coefficient (Wildman–Crippen LogP) is 3.23. The van der Waals surface area contributed by atoms with Gasteiger partial charge in [-0.3, -0.25) is 4.55 Å². The van der Waals surface area contributed by atoms with Crippen molar-refractivity contribution in [2.45, 2.75) is 4.90 Å². The van der Waals surface area contributed by atoms with Crippen LogP contribution in [0.4, 0.5) is 16.2 Å². The largest absolute Gasteiger partial charge is 0.323 e. The second-order valence-electron chi connectivity index (χ2n) is 4.09. The average molecular weight is 327 g/mol. The summed E-state index contributed by atoms with van der Waals surface area (Å²) in [5.74, 6) is 0. The summed E-state index contributed by atoms with van der Waals surface area (Å²) in [5, 5.41) is 5.67. The second-order valence-corrected chi connectivity index (χ2v) is 5.94. The highest BCUT2D eigenvalue weighted by Crippen LogP contribution is 2.16. The summed E-state index contributed by atoms with van der Waals surface area (Å²) in [6, 6.07) is 11.2. The van der Waals surface area contributed by atoms with Gasteiger partial charge in [-0.2, -0.15) is 8.42 Å². The highest BCUT2D eigenvalue weighted by Gasteiger charge is 2.09. The van der Waals surface area contributed by atoms with Crippen LogP contribution in [0.1, 0.15) is 0 Å². The van der Waals surface area contributed by atoms with Gasteiger partial charge in [0.15, 0.2) is 0 Å². The number of carbonyl (C=O) groups is 1. The van der Waals surface area contributed by atoms with Crippen LogP contribution in [0.25, 0.3) is 0 Å². The minimum absolute atomic E-state index is 0.244. The molecule has 0 bridgehead atoms. The Balaban J connectivity index is 2.01. The van der Waals surface area contributed by atoms with Crippen LogP contribution in [0.5, 0.6) is 0 Å². The average Bonchev–Trinajstić information content (AvgIpc) is 2.41. The van der Waals surface area contributed by atoms with E-state index < -0.39 is 16.1 Å². The number of anilines is 2. The van der Waals surface area contributed by atoms with Crippen molar-refractivity contribution in [1.29, 1.82) is 0 Å². The molecule has 2 rings (SSSR count). The zero-order valence-electron chi connectivity index (χ0n) is 10.6. The summed E-state index contributed by atoms with van der Waals surface area (Å²) in [6.45, 7) is 0. The van der Waals surface area contributed by atoms with Gasteiger partial charge in [-0.15, -0.1) is 0 Å². The molecule has 0 saturated heterocycles. The van der Waals surface area contributed by atoms with E-state index in [-0.39, 0.29) is 4.90 Å². The summed E-state index contributed by atoms with van der Waals surface area (Å²) in [5.41, 5.74) is 0.945. The SMILES string of the molecule is O=C(Nc1ccc(Cl)cc1)Nc1ccc(S(=O)(=O)O)cc1. The van der Waals surface area contributed by atoms with Crippen molar-refractivity contribution in [2.24, 2.45) is 0 Å². The standard InChI is InChI=1S/C13H11ClN2O4S/c14-9-1-3-10(4-2-9)15-13(17)16-11-5-7-12(8-6-11)21(18,19)20/h1-8H,(H2,15,16,17)(H,18,19,20). The minimum atomic E-state index is -4.24. The summed E-state index contributed by atoms with van der Waals surface area (Å²) in [4.78, 5) is 11.5. The molecule has 0 aliphatic carbocycles. The van der Waals surface area contributed by atoms with Gasteiger partial charge < -0.3 is 10.6 Å². The topological polar surface area (TPSA) is 95.5 Å². The predicted molar refractivity (Wildman–Crippen MR) is 80.4 cm³/mol. The van der Waals surface area contributed by atoms with Crippen molar-refractivity contribution in [3.05, 3.63) is 53.6 Å². The zero-order valence-corrected chi connectivity index (χ0v) is 12.1. The van der Waals surface area contributed by atoms with Crippen molar-refractivity contribution in [3.63, 3.8) is 0 Å². The quantitative estimate of drug-likeness (QED) is 0.754. The Bertz CT molecular complexity index is 743. The fraction of sp³-hybridized carbons (Fsp3) is 0. The zero-order chi connectivity index (χ0) is 15.5. The summed E-state index contributed by atoms with van der Waals surface area (Å²) < 4.78 is 30.6. The van der Waals surface area contributed by atoms with E-state index in [9.17, 15) is 13.2 Å². The van der Waals surface area contributed by atoms with E-state index in [0.29, 0.717) is 16.4 Å². The molecule has 0 atom stereocenters. The molecule has 0 aliphatic heterocycles. The van der Waals surface area contributed by atoms with Crippen LogP contribution in [-0.2, 0) is 10.1 Å². The maximum atomic E-state index is 11.7. The van der Waals surface area contributed by atoms with Crippen LogP contribution in [-0.4, -0.2) is 19.0 Å². The van der Waals surface area contributed by atoms with Crippen LogP contribution >= 0.6 is 11.6 Å². The van der Waals surface area contributed by atoms with Gasteiger partial charge >= 0.3 is 6.03 Å². The lowest BCUT2D eigenvalue weighted by atomic mass is 10.3. The van der Waals surface area contributed by atoms with Gasteiger partial charge in [0.2, 0.25) is 0 Å². The van der Waals surface area contributed by atoms with Crippen LogP contribution in [0, 0.1) is 0 Å². The van der Waals surface area contributed by atoms with Crippen LogP contribution in [0.15, 0.2) is 53.4 Å². The lowest BCUT2D eigenvalue weighted by molar-refractivity contribution is 0.262. The van der Waals surface area contributed by atoms with Crippen LogP contribution < -0.4 is 10.6 Å². The number of rotatable bonds is 3. The monoisotopic (exact) mass is 326 g/mol. The molecule has 6 nitrogen and oxygen atoms in total. The first-order valence-corrected chi connectivity index (χ1v) is 7.57. The van der Waals surface area contributed by atoms with Gasteiger partial charge in [-0.1, -0.05) is 11.6 Å². The first-order chi connectivity index (χ1) is 9.84. The highest BCUT2D eigenvalue weighted by atomic mass is 35.5. The molecule has 110 valence electrons. The van der Waals surface area contributed by atoms with E-state index in [1.54, 1.807) is 24.3 Å². The maximum absolute atomic E-state index is 11.7. The van der Waals surface area contributed by atoms with Crippen molar-refractivity contribution in [2.75, 3.05) is 10.6 Å². The number of hydrogen-bond acceptors (Lipinski definition) is 3. The lowest BCUT2D eigenvalue weighted by Gasteiger charge is -2.08. The minimum Gasteiger partial charge on any atom is -0.308 e. The van der Waals surface area contributed by atoms with Gasteiger partial charge in [-0.25, -0.2) is 4.79 Å². The Hall–Kier alpha value is -2.09. The van der Waals surface area contributed by atoms with Gasteiger partial charge in [0.05, 0.1) is 4.90 Å². The molecule has 0 fully saturated rings. The van der Waals surface area contributed by atoms with Gasteiger partial charge in [0, 0.05) is 16.4 Å². The molecule has 0 unspecified atom stereocenters. The number of halogens is 1. The molecule has 2 amide bonds. The van der Waals surface area contributed by atoms with Crippen molar-refractivity contribution in [1.82, 2.24) is 0 Å². The Morgan fingerprint density at radius 2 is 1.33 bits per heavy atom. The van der Waals surface area contributed by atoms with E-state index in [1.807, 2.05) is 0 Å². The number of benzene rings is 2. The van der Waals surface area contributed by atoms with Crippen LogP contribution in [0.2, 0.25) is 5.02 Å². The molecule has 2 aromatic rings. The molecule has 0 spiro atoms. The first-order valence-electron chi connectivity index (χ1n) is 5.76. The number of nitrogens with one attached hydrogen (secondary N) is 2. The van der Waals surface area contributed by atoms with Gasteiger partial charge in [0.25, 0.3) is 10.1 Å². The summed E-state index contributed by atoms with van der Waals surface area (Å²) >= 11 is 5.73. The number of amides is 2. The second kappa shape index (κ2) is 6.13. The number of hydrogen-bond donors (Lipinski definition) is 3.